The third-order valence-corrected chi connectivity index (χ3v) is 4.72. The van der Waals surface area contributed by atoms with Gasteiger partial charge in [-0.2, -0.15) is 0 Å². The Hall–Kier alpha value is -0.300. The van der Waals surface area contributed by atoms with E-state index in [2.05, 4.69) is 26.8 Å². The van der Waals surface area contributed by atoms with Gasteiger partial charge in [0.15, 0.2) is 0 Å². The van der Waals surface area contributed by atoms with Crippen molar-refractivity contribution >= 4 is 0 Å². The second kappa shape index (κ2) is 4.18. The molecular formula is C15H26O. The van der Waals surface area contributed by atoms with Crippen molar-refractivity contribution in [1.82, 2.24) is 0 Å². The molecule has 16 heavy (non-hydrogen) atoms. The largest absolute Gasteiger partial charge is 0.386 e. The van der Waals surface area contributed by atoms with Gasteiger partial charge in [-0.25, -0.2) is 0 Å². The first-order valence-electron chi connectivity index (χ1n) is 6.86. The lowest BCUT2D eigenvalue weighted by atomic mass is 9.62. The number of hydrogen-bond acceptors (Lipinski definition) is 1. The Labute approximate surface area is 99.9 Å². The molecule has 1 heteroatoms. The van der Waals surface area contributed by atoms with Crippen LogP contribution in [0.3, 0.4) is 0 Å². The van der Waals surface area contributed by atoms with Crippen LogP contribution in [0, 0.1) is 23.7 Å². The zero-order chi connectivity index (χ0) is 11.9. The molecule has 92 valence electrons. The van der Waals surface area contributed by atoms with E-state index >= 15 is 0 Å². The van der Waals surface area contributed by atoms with Gasteiger partial charge in [0.25, 0.3) is 0 Å². The fraction of sp³-hybridized carbons (Fsp3) is 0.867. The van der Waals surface area contributed by atoms with Gasteiger partial charge in [-0.3, -0.25) is 0 Å². The van der Waals surface area contributed by atoms with E-state index in [0.29, 0.717) is 5.92 Å². The Morgan fingerprint density at radius 2 is 2.00 bits per heavy atom. The summed E-state index contributed by atoms with van der Waals surface area (Å²) in [6, 6.07) is 0. The van der Waals surface area contributed by atoms with Crippen molar-refractivity contribution in [2.45, 2.75) is 59.0 Å². The van der Waals surface area contributed by atoms with Crippen LogP contribution in [0.15, 0.2) is 11.6 Å². The first-order valence-corrected chi connectivity index (χ1v) is 6.86. The smallest absolute Gasteiger partial charge is 0.0802 e. The Balaban J connectivity index is 2.30. The van der Waals surface area contributed by atoms with Crippen molar-refractivity contribution in [3.05, 3.63) is 11.6 Å². The lowest BCUT2D eigenvalue weighted by Gasteiger charge is -2.44. The van der Waals surface area contributed by atoms with Gasteiger partial charge in [-0.1, -0.05) is 32.4 Å². The van der Waals surface area contributed by atoms with Crippen molar-refractivity contribution in [2.75, 3.05) is 0 Å². The maximum absolute atomic E-state index is 10.2. The Morgan fingerprint density at radius 1 is 1.31 bits per heavy atom. The van der Waals surface area contributed by atoms with Gasteiger partial charge in [0.1, 0.15) is 0 Å². The number of rotatable bonds is 1. The van der Waals surface area contributed by atoms with Crippen LogP contribution in [0.5, 0.6) is 0 Å². The quantitative estimate of drug-likeness (QED) is 0.669. The molecule has 0 bridgehead atoms. The molecule has 0 aromatic carbocycles. The Kier molecular flexibility index (Phi) is 3.18. The summed E-state index contributed by atoms with van der Waals surface area (Å²) in [4.78, 5) is 0. The van der Waals surface area contributed by atoms with Crippen LogP contribution in [0.1, 0.15) is 53.4 Å². The van der Waals surface area contributed by atoms with E-state index in [9.17, 15) is 5.11 Å². The number of aliphatic hydroxyl groups is 1. The fourth-order valence-electron chi connectivity index (χ4n) is 3.68. The predicted molar refractivity (Wildman–Crippen MR) is 68.2 cm³/mol. The number of fused-ring (bicyclic) bond motifs is 1. The first-order chi connectivity index (χ1) is 7.41. The summed E-state index contributed by atoms with van der Waals surface area (Å²) in [6.45, 7) is 8.99. The standard InChI is InChI=1S/C15H26O/c1-10(2)12-6-5-11(3)13-7-8-15(4,16)9-14(12)13/h9-13,16H,5-8H2,1-4H3/t11-,12-,13+,15-/m1/s1. The molecule has 1 N–H and O–H groups in total. The van der Waals surface area contributed by atoms with Crippen molar-refractivity contribution in [3.8, 4) is 0 Å². The van der Waals surface area contributed by atoms with E-state index in [1.165, 1.54) is 19.3 Å². The molecule has 1 saturated carbocycles. The van der Waals surface area contributed by atoms with E-state index < -0.39 is 5.60 Å². The summed E-state index contributed by atoms with van der Waals surface area (Å²) in [7, 11) is 0. The molecule has 1 fully saturated rings. The molecule has 0 heterocycles. The fourth-order valence-corrected chi connectivity index (χ4v) is 3.68. The first kappa shape index (κ1) is 12.2. The zero-order valence-corrected chi connectivity index (χ0v) is 11.2. The van der Waals surface area contributed by atoms with Crippen molar-refractivity contribution in [2.24, 2.45) is 23.7 Å². The molecule has 2 aliphatic rings. The van der Waals surface area contributed by atoms with Crippen LogP contribution in [0.25, 0.3) is 0 Å². The Bertz CT molecular complexity index is 288. The number of hydrogen-bond donors (Lipinski definition) is 1. The molecule has 0 saturated heterocycles. The van der Waals surface area contributed by atoms with Crippen molar-refractivity contribution < 1.29 is 5.11 Å². The summed E-state index contributed by atoms with van der Waals surface area (Å²) < 4.78 is 0. The molecule has 0 amide bonds. The minimum atomic E-state index is -0.546. The molecule has 0 aliphatic heterocycles. The van der Waals surface area contributed by atoms with Crippen molar-refractivity contribution in [3.63, 3.8) is 0 Å². The van der Waals surface area contributed by atoms with Crippen LogP contribution in [0.2, 0.25) is 0 Å². The normalized spacial score (nSPS) is 44.1. The topological polar surface area (TPSA) is 20.2 Å². The van der Waals surface area contributed by atoms with Gasteiger partial charge >= 0.3 is 0 Å². The summed E-state index contributed by atoms with van der Waals surface area (Å²) >= 11 is 0. The van der Waals surface area contributed by atoms with Crippen LogP contribution < -0.4 is 0 Å². The van der Waals surface area contributed by atoms with Crippen LogP contribution in [0.4, 0.5) is 0 Å². The van der Waals surface area contributed by atoms with E-state index in [1.54, 1.807) is 5.57 Å². The highest BCUT2D eigenvalue weighted by Crippen LogP contribution is 2.47. The van der Waals surface area contributed by atoms with E-state index in [0.717, 1.165) is 24.2 Å². The minimum Gasteiger partial charge on any atom is -0.386 e. The molecule has 4 atom stereocenters. The molecule has 1 nitrogen and oxygen atoms in total. The zero-order valence-electron chi connectivity index (χ0n) is 11.2. The monoisotopic (exact) mass is 222 g/mol. The maximum atomic E-state index is 10.2. The summed E-state index contributed by atoms with van der Waals surface area (Å²) in [5.41, 5.74) is 1.03. The van der Waals surface area contributed by atoms with Gasteiger partial charge in [0.05, 0.1) is 5.60 Å². The van der Waals surface area contributed by atoms with Crippen molar-refractivity contribution in [1.29, 1.82) is 0 Å². The van der Waals surface area contributed by atoms with E-state index in [4.69, 9.17) is 0 Å². The highest BCUT2D eigenvalue weighted by molar-refractivity contribution is 5.23. The molecule has 2 aliphatic carbocycles. The highest BCUT2D eigenvalue weighted by atomic mass is 16.3. The second-order valence-electron chi connectivity index (χ2n) is 6.55. The molecule has 0 spiro atoms. The Morgan fingerprint density at radius 3 is 2.62 bits per heavy atom. The van der Waals surface area contributed by atoms with Gasteiger partial charge in [0, 0.05) is 0 Å². The molecule has 2 rings (SSSR count). The lowest BCUT2D eigenvalue weighted by Crippen LogP contribution is -2.37. The predicted octanol–water partition coefficient (Wildman–Crippen LogP) is 3.78. The van der Waals surface area contributed by atoms with Crippen LogP contribution in [-0.2, 0) is 0 Å². The minimum absolute atomic E-state index is 0.546. The van der Waals surface area contributed by atoms with Crippen LogP contribution in [-0.4, -0.2) is 10.7 Å². The summed E-state index contributed by atoms with van der Waals surface area (Å²) in [5.74, 6) is 3.00. The average Bonchev–Trinajstić information content (AvgIpc) is 2.15. The van der Waals surface area contributed by atoms with Gasteiger partial charge in [-0.15, -0.1) is 0 Å². The summed E-state index contributed by atoms with van der Waals surface area (Å²) in [6.07, 6.45) is 7.01. The van der Waals surface area contributed by atoms with Gasteiger partial charge < -0.3 is 5.11 Å². The third-order valence-electron chi connectivity index (χ3n) is 4.72. The lowest BCUT2D eigenvalue weighted by molar-refractivity contribution is 0.0684. The average molecular weight is 222 g/mol. The van der Waals surface area contributed by atoms with Crippen LogP contribution >= 0.6 is 0 Å². The second-order valence-corrected chi connectivity index (χ2v) is 6.55. The van der Waals surface area contributed by atoms with E-state index in [1.807, 2.05) is 6.92 Å². The molecule has 0 aromatic heterocycles. The maximum Gasteiger partial charge on any atom is 0.0802 e. The summed E-state index contributed by atoms with van der Waals surface area (Å²) in [5, 5.41) is 10.2. The molecule has 0 radical (unpaired) electrons. The SMILES string of the molecule is CC(C)[C@H]1CC[C@@H](C)[C@@H]2CC[C@@](C)(O)C=C21. The van der Waals surface area contributed by atoms with Gasteiger partial charge in [0.2, 0.25) is 0 Å². The molecule has 0 aromatic rings. The molecule has 0 unspecified atom stereocenters. The molecular weight excluding hydrogens is 196 g/mol. The highest BCUT2D eigenvalue weighted by Gasteiger charge is 2.39. The number of allylic oxidation sites excluding steroid dienone is 1. The van der Waals surface area contributed by atoms with Gasteiger partial charge in [-0.05, 0) is 56.3 Å². The third kappa shape index (κ3) is 2.20. The van der Waals surface area contributed by atoms with E-state index in [-0.39, 0.29) is 0 Å².